The molecule has 4 heterocycles. The molecule has 1 saturated heterocycles. The van der Waals surface area contributed by atoms with E-state index in [4.69, 9.17) is 28.8 Å². The minimum atomic E-state index is -1.86. The van der Waals surface area contributed by atoms with Crippen molar-refractivity contribution in [1.82, 2.24) is 78.3 Å². The molecule has 0 unspecified atom stereocenters. The van der Waals surface area contributed by atoms with Crippen LogP contribution < -0.4 is 75.7 Å². The Bertz CT molecular complexity index is 4310. The van der Waals surface area contributed by atoms with Crippen LogP contribution in [-0.4, -0.2) is 206 Å². The van der Waals surface area contributed by atoms with Gasteiger partial charge in [0.25, 0.3) is 11.8 Å². The van der Waals surface area contributed by atoms with E-state index in [0.717, 1.165) is 10.8 Å². The third-order valence-electron chi connectivity index (χ3n) is 18.6. The summed E-state index contributed by atoms with van der Waals surface area (Å²) < 4.78 is 0. The average Bonchev–Trinajstić information content (AvgIpc) is 1.57. The number of halogens is 1. The largest absolute Gasteiger partial charge is 0.480 e. The predicted molar refractivity (Wildman–Crippen MR) is 424 cm³/mol. The fourth-order valence-electron chi connectivity index (χ4n) is 12.6. The van der Waals surface area contributed by atoms with E-state index < -0.39 is 144 Å². The topological polar surface area (TPSA) is 527 Å². The summed E-state index contributed by atoms with van der Waals surface area (Å²) in [6, 6.07) is 16.2. The highest BCUT2D eigenvalue weighted by atomic mass is 35.5. The molecule has 6 aromatic rings. The Balaban J connectivity index is 1.16. The van der Waals surface area contributed by atoms with E-state index >= 15 is 9.59 Å². The van der Waals surface area contributed by atoms with Crippen LogP contribution in [0, 0.1) is 5.92 Å². The molecule has 0 aliphatic carbocycles. The number of fused-ring (bicyclic) bond motifs is 1. The number of nitrogens with one attached hydrogen (secondary N) is 11. The van der Waals surface area contributed by atoms with Crippen LogP contribution in [0.1, 0.15) is 136 Å². The van der Waals surface area contributed by atoms with Gasteiger partial charge in [-0.15, -0.1) is 0 Å². The van der Waals surface area contributed by atoms with Crippen molar-refractivity contribution in [3.8, 4) is 0 Å². The zero-order valence-corrected chi connectivity index (χ0v) is 64.8. The van der Waals surface area contributed by atoms with Gasteiger partial charge in [-0.25, -0.2) is 4.98 Å². The fourth-order valence-corrected chi connectivity index (χ4v) is 12.8. The Labute approximate surface area is 664 Å². The second-order valence-corrected chi connectivity index (χ2v) is 28.6. The number of pyridine rings is 3. The smallest absolute Gasteiger partial charge is 0.325 e. The second-order valence-electron chi connectivity index (χ2n) is 28.2. The summed E-state index contributed by atoms with van der Waals surface area (Å²) in [4.78, 5) is 200. The number of aliphatic imine (C=N–C) groups is 1. The number of benzene rings is 3. The van der Waals surface area contributed by atoms with Crippen molar-refractivity contribution in [2.24, 2.45) is 22.4 Å². The Morgan fingerprint density at radius 2 is 1.09 bits per heavy atom. The number of carboxylic acids is 1. The number of carboxylic acid groups (broad SMARTS) is 1. The summed E-state index contributed by atoms with van der Waals surface area (Å²) in [6.45, 7) is 5.19. The summed E-state index contributed by atoms with van der Waals surface area (Å²) in [5.74, 6) is -11.1. The molecule has 0 saturated carbocycles. The van der Waals surface area contributed by atoms with E-state index in [0.29, 0.717) is 28.1 Å². The Hall–Kier alpha value is -12.2. The van der Waals surface area contributed by atoms with Crippen LogP contribution in [-0.2, 0) is 72.0 Å². The van der Waals surface area contributed by atoms with Crippen molar-refractivity contribution >= 4 is 111 Å². The van der Waals surface area contributed by atoms with Crippen molar-refractivity contribution in [2.45, 2.75) is 178 Å². The molecular formula is C79H102ClN19O15. The average molecular weight is 1590 g/mol. The number of anilines is 1. The molecule has 19 N–H and O–H groups in total. The van der Waals surface area contributed by atoms with E-state index in [1.807, 2.05) is 42.5 Å². The molecule has 0 bridgehead atoms. The lowest BCUT2D eigenvalue weighted by molar-refractivity contribution is -0.144. The van der Waals surface area contributed by atoms with E-state index in [9.17, 15) is 63.0 Å². The van der Waals surface area contributed by atoms with Crippen LogP contribution in [0.25, 0.3) is 10.8 Å². The number of likely N-dealkylation sites (tertiary alicyclic amines) is 1. The third kappa shape index (κ3) is 29.2. The molecule has 10 atom stereocenters. The SMILES string of the molecule is CC(=O)N[C@@H](Cc1ccc2ccccc2c1)C(=O)N[C@@H](Cc1ccc(Cl)cc1)C(=O)N[C@@H](Cc1cccnc1)C(=O)N[C@@H](CO)C(=O)N[C@@H](CCCCNC(=O)c1ccccn1)C(=O)N[C@@H](CCCCNC(=O)c1ccc(N)nc1)C(=O)N[C@@H](CC(C)C)C(=O)N[C@@H](CCCN=C(N)N)C(=O)N1CCC[C@@H]1C(=O)N[C@@H](C)C(=O)O. The first-order valence-corrected chi connectivity index (χ1v) is 38.1. The van der Waals surface area contributed by atoms with Gasteiger partial charge in [0.05, 0.1) is 12.2 Å². The Morgan fingerprint density at radius 3 is 1.67 bits per heavy atom. The zero-order chi connectivity index (χ0) is 82.8. The molecule has 35 heteroatoms. The van der Waals surface area contributed by atoms with E-state index in [-0.39, 0.29) is 139 Å². The minimum Gasteiger partial charge on any atom is -0.480 e. The summed E-state index contributed by atoms with van der Waals surface area (Å²) in [6.07, 6.45) is 6.11. The maximum Gasteiger partial charge on any atom is 0.325 e. The number of nitrogens with two attached hydrogens (primary N) is 3. The predicted octanol–water partition coefficient (Wildman–Crippen LogP) is 1.06. The molecule has 0 radical (unpaired) electrons. The molecule has 114 heavy (non-hydrogen) atoms. The van der Waals surface area contributed by atoms with Gasteiger partial charge in [0, 0.05) is 82.2 Å². The number of hydrogen-bond acceptors (Lipinski definition) is 19. The lowest BCUT2D eigenvalue weighted by Gasteiger charge is -2.31. The summed E-state index contributed by atoms with van der Waals surface area (Å²) >= 11 is 6.26. The highest BCUT2D eigenvalue weighted by molar-refractivity contribution is 6.30. The number of unbranched alkanes of at least 4 members (excludes halogenated alkanes) is 2. The number of rotatable bonds is 44. The number of carbonyl (C=O) groups is 13. The molecule has 3 aromatic carbocycles. The normalized spacial score (nSPS) is 14.8. The number of nitrogens with zero attached hydrogens (tertiary/aromatic N) is 5. The number of aliphatic hydroxyl groups is 1. The maximum absolute atomic E-state index is 15.2. The Kier molecular flexibility index (Phi) is 35.4. The maximum atomic E-state index is 15.2. The molecular weight excluding hydrogens is 1490 g/mol. The van der Waals surface area contributed by atoms with Crippen molar-refractivity contribution < 1.29 is 72.5 Å². The van der Waals surface area contributed by atoms with Crippen LogP contribution in [0.15, 0.2) is 139 Å². The molecule has 0 spiro atoms. The van der Waals surface area contributed by atoms with Crippen LogP contribution in [0.5, 0.6) is 0 Å². The zero-order valence-electron chi connectivity index (χ0n) is 64.0. The van der Waals surface area contributed by atoms with Crippen LogP contribution in [0.2, 0.25) is 5.02 Å². The van der Waals surface area contributed by atoms with Crippen molar-refractivity contribution in [3.05, 3.63) is 167 Å². The standard InChI is InChI=1S/C79H102ClN19O15/c1-46(2)38-60(71(106)94-59(22-14-36-88-79(82)83)77(112)99-37-15-23-65(99)76(111)90-47(3)78(113)114)95-70(105)58(21-8-11-34-86-67(102)54-28-31-66(81)89-44-54)92-69(104)57(20-9-12-35-87-68(103)56-19-7-10-33-85-56)93-75(110)64(45-100)98-74(109)63(42-51-16-13-32-84-43-51)97-73(108)62(40-49-25-29-55(80)30-26-49)96-72(107)61(91-48(4)101)41-50-24-27-52-17-5-6-18-53(52)39-50/h5-7,10,13,16-19,24-33,39,43-44,46-47,57-65,100H,8-9,11-12,14-15,20-23,34-38,40-42,45H2,1-4H3,(H2,81,89)(H,86,102)(H,87,103)(H,90,111)(H,91,101)(H,92,104)(H,93,110)(H,94,106)(H,95,105)(H,96,107)(H,97,108)(H,98,109)(H,113,114)(H4,82,83,88)/t47-,57-,58-,59-,60-,61-,62-,63-,64-,65+/m0/s1. The minimum absolute atomic E-state index is 0.0166. The van der Waals surface area contributed by atoms with Crippen molar-refractivity contribution in [3.63, 3.8) is 0 Å². The molecule has 610 valence electrons. The van der Waals surface area contributed by atoms with Gasteiger partial charge < -0.3 is 90.8 Å². The number of guanidine groups is 1. The highest BCUT2D eigenvalue weighted by Crippen LogP contribution is 2.23. The van der Waals surface area contributed by atoms with Crippen LogP contribution >= 0.6 is 11.6 Å². The molecule has 1 aliphatic heterocycles. The quantitative estimate of drug-likeness (QED) is 0.0144. The lowest BCUT2D eigenvalue weighted by Crippen LogP contribution is -2.61. The van der Waals surface area contributed by atoms with Crippen LogP contribution in [0.4, 0.5) is 5.82 Å². The molecule has 1 aliphatic rings. The summed E-state index contributed by atoms with van der Waals surface area (Å²) in [5, 5.41) is 52.3. The van der Waals surface area contributed by atoms with Gasteiger partial charge in [-0.3, -0.25) is 77.3 Å². The van der Waals surface area contributed by atoms with Gasteiger partial charge in [-0.1, -0.05) is 92.2 Å². The van der Waals surface area contributed by atoms with E-state index in [2.05, 4.69) is 78.4 Å². The van der Waals surface area contributed by atoms with Gasteiger partial charge in [-0.2, -0.15) is 0 Å². The lowest BCUT2D eigenvalue weighted by atomic mass is 9.99. The monoisotopic (exact) mass is 1590 g/mol. The number of hydrogen-bond donors (Lipinski definition) is 16. The van der Waals surface area contributed by atoms with Gasteiger partial charge in [0.2, 0.25) is 59.1 Å². The number of amides is 12. The molecule has 34 nitrogen and oxygen atoms in total. The first-order valence-electron chi connectivity index (χ1n) is 37.8. The number of aromatic nitrogens is 3. The van der Waals surface area contributed by atoms with Gasteiger partial charge in [0.15, 0.2) is 5.96 Å². The van der Waals surface area contributed by atoms with E-state index in [1.54, 1.807) is 62.4 Å². The number of carbonyl (C=O) groups excluding carboxylic acids is 12. The van der Waals surface area contributed by atoms with E-state index in [1.165, 1.54) is 61.7 Å². The van der Waals surface area contributed by atoms with Crippen LogP contribution in [0.3, 0.4) is 0 Å². The summed E-state index contributed by atoms with van der Waals surface area (Å²) in [5.41, 5.74) is 18.9. The first kappa shape index (κ1) is 89.0. The van der Waals surface area contributed by atoms with Crippen molar-refractivity contribution in [2.75, 3.05) is 38.5 Å². The fraction of sp³-hybridized carbons (Fsp3) is 0.430. The number of aliphatic hydroxyl groups excluding tert-OH is 1. The van der Waals surface area contributed by atoms with Gasteiger partial charge in [0.1, 0.15) is 71.9 Å². The second kappa shape index (κ2) is 45.3. The molecule has 1 fully saturated rings. The third-order valence-corrected chi connectivity index (χ3v) is 18.9. The van der Waals surface area contributed by atoms with Gasteiger partial charge >= 0.3 is 5.97 Å². The molecule has 7 rings (SSSR count). The highest BCUT2D eigenvalue weighted by Gasteiger charge is 2.41. The van der Waals surface area contributed by atoms with Gasteiger partial charge in [-0.05, 0) is 153 Å². The first-order chi connectivity index (χ1) is 54.5. The van der Waals surface area contributed by atoms with Crippen molar-refractivity contribution in [1.29, 1.82) is 0 Å². The molecule has 3 aromatic heterocycles. The number of nitrogen functional groups attached to an aromatic ring is 1. The summed E-state index contributed by atoms with van der Waals surface area (Å²) in [7, 11) is 0. The number of aliphatic carboxylic acids is 1. The Morgan fingerprint density at radius 1 is 0.544 bits per heavy atom. The molecule has 12 amide bonds.